The molecule has 216 valence electrons. The number of hydrogen-bond donors (Lipinski definition) is 2. The number of anilines is 2. The fraction of sp³-hybridized carbons (Fsp3) is 0.312. The summed E-state index contributed by atoms with van der Waals surface area (Å²) in [6.07, 6.45) is 1.53. The summed E-state index contributed by atoms with van der Waals surface area (Å²) in [6.45, 7) is 9.72. The van der Waals surface area contributed by atoms with Gasteiger partial charge in [0.05, 0.1) is 12.8 Å². The molecule has 2 N–H and O–H groups in total. The first-order valence-corrected chi connectivity index (χ1v) is 13.9. The first-order valence-electron chi connectivity index (χ1n) is 13.9. The molecule has 0 radical (unpaired) electrons. The standard InChI is InChI=1S/C32H35N7O3/c1-31(2)19-37(5)18-20-16-21(14-15-23(20)31)34-30-33-17-22-28(36-30)39(27-13-9-12-26(35-27)32(3,4)41)38(29(22)40)24-10-7-8-11-25(24)42-6/h7-17,41H,18-19H2,1-6H3,(H,33,34,36). The van der Waals surface area contributed by atoms with E-state index in [9.17, 15) is 9.90 Å². The van der Waals surface area contributed by atoms with E-state index < -0.39 is 5.60 Å². The number of nitrogens with zero attached hydrogens (tertiary/aromatic N) is 6. The van der Waals surface area contributed by atoms with Crippen molar-refractivity contribution in [1.82, 2.24) is 29.2 Å². The third-order valence-electron chi connectivity index (χ3n) is 7.68. The molecule has 0 unspecified atom stereocenters. The average Bonchev–Trinajstić information content (AvgIpc) is 3.23. The van der Waals surface area contributed by atoms with E-state index in [1.165, 1.54) is 22.0 Å². The molecule has 1 aliphatic rings. The third kappa shape index (κ3) is 4.82. The molecule has 1 aliphatic heterocycles. The number of nitrogens with one attached hydrogen (secondary N) is 1. The fourth-order valence-corrected chi connectivity index (χ4v) is 5.86. The second-order valence-corrected chi connectivity index (χ2v) is 12.0. The Labute approximate surface area is 244 Å². The lowest BCUT2D eigenvalue weighted by molar-refractivity contribution is 0.0738. The van der Waals surface area contributed by atoms with Gasteiger partial charge in [-0.3, -0.25) is 4.79 Å². The highest BCUT2D eigenvalue weighted by atomic mass is 16.5. The second kappa shape index (κ2) is 10.1. The Morgan fingerprint density at radius 3 is 2.57 bits per heavy atom. The van der Waals surface area contributed by atoms with E-state index in [0.717, 1.165) is 18.8 Å². The second-order valence-electron chi connectivity index (χ2n) is 12.0. The van der Waals surface area contributed by atoms with Gasteiger partial charge in [-0.2, -0.15) is 4.98 Å². The molecular formula is C32H35N7O3. The number of likely N-dealkylation sites (N-methyl/N-ethyl adjacent to an activating group) is 1. The number of pyridine rings is 1. The Morgan fingerprint density at radius 1 is 1.02 bits per heavy atom. The highest BCUT2D eigenvalue weighted by Gasteiger charge is 2.30. The van der Waals surface area contributed by atoms with Gasteiger partial charge >= 0.3 is 0 Å². The molecule has 0 bridgehead atoms. The van der Waals surface area contributed by atoms with Gasteiger partial charge in [-0.15, -0.1) is 0 Å². The maximum Gasteiger partial charge on any atom is 0.283 e. The summed E-state index contributed by atoms with van der Waals surface area (Å²) >= 11 is 0. The van der Waals surface area contributed by atoms with Crippen LogP contribution in [0.3, 0.4) is 0 Å². The third-order valence-corrected chi connectivity index (χ3v) is 7.68. The molecule has 2 aromatic carbocycles. The van der Waals surface area contributed by atoms with Crippen molar-refractivity contribution < 1.29 is 9.84 Å². The van der Waals surface area contributed by atoms with Crippen LogP contribution in [-0.4, -0.2) is 55.0 Å². The number of benzene rings is 2. The number of aliphatic hydroxyl groups is 1. The molecule has 0 atom stereocenters. The molecule has 0 fully saturated rings. The molecule has 0 saturated carbocycles. The smallest absolute Gasteiger partial charge is 0.283 e. The van der Waals surface area contributed by atoms with Crippen molar-refractivity contribution in [2.45, 2.75) is 45.3 Å². The van der Waals surface area contributed by atoms with E-state index in [1.54, 1.807) is 56.0 Å². The molecule has 5 aromatic rings. The molecule has 10 heteroatoms. The Morgan fingerprint density at radius 2 is 1.81 bits per heavy atom. The predicted molar refractivity (Wildman–Crippen MR) is 163 cm³/mol. The number of ether oxygens (including phenoxy) is 1. The summed E-state index contributed by atoms with van der Waals surface area (Å²) in [6, 6.07) is 18.9. The summed E-state index contributed by atoms with van der Waals surface area (Å²) in [7, 11) is 3.69. The Balaban J connectivity index is 1.52. The minimum absolute atomic E-state index is 0.0540. The normalized spacial score (nSPS) is 15.0. The molecule has 0 amide bonds. The number of aromatic nitrogens is 5. The summed E-state index contributed by atoms with van der Waals surface area (Å²) in [5.41, 5.74) is 3.33. The van der Waals surface area contributed by atoms with Crippen LogP contribution in [0.4, 0.5) is 11.6 Å². The highest BCUT2D eigenvalue weighted by Crippen LogP contribution is 2.35. The van der Waals surface area contributed by atoms with Crippen LogP contribution in [0.2, 0.25) is 0 Å². The van der Waals surface area contributed by atoms with Crippen molar-refractivity contribution in [2.24, 2.45) is 0 Å². The molecule has 4 heterocycles. The van der Waals surface area contributed by atoms with Crippen molar-refractivity contribution in [2.75, 3.05) is 26.0 Å². The zero-order valence-corrected chi connectivity index (χ0v) is 24.7. The summed E-state index contributed by atoms with van der Waals surface area (Å²) in [5.74, 6) is 1.27. The van der Waals surface area contributed by atoms with Gasteiger partial charge in [-0.1, -0.05) is 38.1 Å². The van der Waals surface area contributed by atoms with Crippen molar-refractivity contribution >= 4 is 22.7 Å². The van der Waals surface area contributed by atoms with Crippen LogP contribution in [-0.2, 0) is 17.6 Å². The number of rotatable bonds is 6. The van der Waals surface area contributed by atoms with Gasteiger partial charge in [0.15, 0.2) is 11.5 Å². The topological polar surface area (TPSA) is 110 Å². The van der Waals surface area contributed by atoms with Gasteiger partial charge in [0.25, 0.3) is 5.56 Å². The van der Waals surface area contributed by atoms with Gasteiger partial charge in [-0.25, -0.2) is 19.3 Å². The van der Waals surface area contributed by atoms with Crippen molar-refractivity contribution in [3.8, 4) is 17.3 Å². The maximum absolute atomic E-state index is 13.9. The SMILES string of the molecule is COc1ccccc1-n1c(=O)c2cnc(Nc3ccc4c(c3)CN(C)CC4(C)C)nc2n1-c1cccc(C(C)(C)O)n1. The first-order chi connectivity index (χ1) is 20.0. The number of methoxy groups -OCH3 is 1. The van der Waals surface area contributed by atoms with Crippen LogP contribution < -0.4 is 15.6 Å². The number of para-hydroxylation sites is 2. The minimum atomic E-state index is -1.19. The first kappa shape index (κ1) is 27.6. The van der Waals surface area contributed by atoms with Crippen LogP contribution in [0, 0.1) is 0 Å². The summed E-state index contributed by atoms with van der Waals surface area (Å²) in [4.78, 5) is 30.3. The van der Waals surface area contributed by atoms with Crippen molar-refractivity contribution in [1.29, 1.82) is 0 Å². The highest BCUT2D eigenvalue weighted by molar-refractivity contribution is 5.78. The lowest BCUT2D eigenvalue weighted by Gasteiger charge is -2.38. The summed E-state index contributed by atoms with van der Waals surface area (Å²) in [5, 5.41) is 14.3. The van der Waals surface area contributed by atoms with Crippen molar-refractivity contribution in [3.05, 3.63) is 94.0 Å². The molecule has 42 heavy (non-hydrogen) atoms. The molecule has 0 saturated heterocycles. The fourth-order valence-electron chi connectivity index (χ4n) is 5.86. The molecular weight excluding hydrogens is 530 g/mol. The quantitative estimate of drug-likeness (QED) is 0.306. The van der Waals surface area contributed by atoms with Crippen molar-refractivity contribution in [3.63, 3.8) is 0 Å². The van der Waals surface area contributed by atoms with Gasteiger partial charge in [-0.05, 0) is 68.4 Å². The Bertz CT molecular complexity index is 1870. The Kier molecular flexibility index (Phi) is 6.63. The number of hydrogen-bond acceptors (Lipinski definition) is 8. The monoisotopic (exact) mass is 565 g/mol. The summed E-state index contributed by atoms with van der Waals surface area (Å²) < 4.78 is 8.73. The predicted octanol–water partition coefficient (Wildman–Crippen LogP) is 4.67. The molecule has 0 aliphatic carbocycles. The van der Waals surface area contributed by atoms with Gasteiger partial charge in [0.1, 0.15) is 22.4 Å². The van der Waals surface area contributed by atoms with Crippen LogP contribution in [0.25, 0.3) is 22.5 Å². The number of fused-ring (bicyclic) bond motifs is 2. The Hall–Kier alpha value is -4.54. The van der Waals surface area contributed by atoms with E-state index in [4.69, 9.17) is 14.7 Å². The van der Waals surface area contributed by atoms with Gasteiger partial charge in [0, 0.05) is 30.4 Å². The van der Waals surface area contributed by atoms with E-state index in [0.29, 0.717) is 39.9 Å². The van der Waals surface area contributed by atoms with E-state index >= 15 is 0 Å². The van der Waals surface area contributed by atoms with Crippen LogP contribution >= 0.6 is 0 Å². The van der Waals surface area contributed by atoms with Gasteiger partial charge in [0.2, 0.25) is 5.95 Å². The molecule has 6 rings (SSSR count). The average molecular weight is 566 g/mol. The largest absolute Gasteiger partial charge is 0.494 e. The van der Waals surface area contributed by atoms with E-state index in [-0.39, 0.29) is 11.0 Å². The molecule has 0 spiro atoms. The van der Waals surface area contributed by atoms with Crippen LogP contribution in [0.15, 0.2) is 71.7 Å². The zero-order valence-electron chi connectivity index (χ0n) is 24.7. The molecule has 10 nitrogen and oxygen atoms in total. The minimum Gasteiger partial charge on any atom is -0.494 e. The lowest BCUT2D eigenvalue weighted by Crippen LogP contribution is -2.39. The van der Waals surface area contributed by atoms with Crippen LogP contribution in [0.1, 0.15) is 44.5 Å². The van der Waals surface area contributed by atoms with Crippen LogP contribution in [0.5, 0.6) is 5.75 Å². The van der Waals surface area contributed by atoms with E-state index in [2.05, 4.69) is 48.2 Å². The zero-order chi connectivity index (χ0) is 29.8. The molecule has 3 aromatic heterocycles. The van der Waals surface area contributed by atoms with E-state index in [1.807, 2.05) is 18.2 Å². The lowest BCUT2D eigenvalue weighted by atomic mass is 9.78. The van der Waals surface area contributed by atoms with Gasteiger partial charge < -0.3 is 20.1 Å². The maximum atomic E-state index is 13.9.